The van der Waals surface area contributed by atoms with Crippen molar-refractivity contribution in [2.45, 2.75) is 39.0 Å². The van der Waals surface area contributed by atoms with Crippen molar-refractivity contribution in [3.63, 3.8) is 0 Å². The molecule has 144 valence electrons. The summed E-state index contributed by atoms with van der Waals surface area (Å²) in [5, 5.41) is 6.47. The first kappa shape index (κ1) is 22.4. The molecule has 26 heavy (non-hydrogen) atoms. The molecule has 0 aliphatic carbocycles. The molecule has 2 rings (SSSR count). The standard InChI is InChI=1S/C19H28N4O2.HI/c1-14-6-4-7-16(12-14)15(2)13-22-19(20-3)21-10-11-23-17(24)8-5-9-18(23)25;/h4,6-7,12,15H,5,8-11,13H2,1-3H3,(H2,20,21,22);1H. The Morgan fingerprint density at radius 1 is 1.23 bits per heavy atom. The van der Waals surface area contributed by atoms with Gasteiger partial charge in [-0.25, -0.2) is 0 Å². The molecule has 7 heteroatoms. The number of rotatable bonds is 6. The molecule has 1 saturated heterocycles. The number of hydrogen-bond donors (Lipinski definition) is 2. The molecule has 0 radical (unpaired) electrons. The maximum atomic E-state index is 11.8. The normalized spacial score (nSPS) is 16.1. The number of aliphatic imine (C=N–C) groups is 1. The first-order chi connectivity index (χ1) is 12.0. The van der Waals surface area contributed by atoms with Crippen LogP contribution in [0, 0.1) is 6.92 Å². The van der Waals surface area contributed by atoms with E-state index in [2.05, 4.69) is 53.7 Å². The number of halogens is 1. The van der Waals surface area contributed by atoms with Crippen LogP contribution in [0.2, 0.25) is 0 Å². The fourth-order valence-corrected chi connectivity index (χ4v) is 2.90. The van der Waals surface area contributed by atoms with E-state index in [0.29, 0.717) is 44.2 Å². The molecular formula is C19H29IN4O2. The number of amides is 2. The second-order valence-corrected chi connectivity index (χ2v) is 6.49. The Hall–Kier alpha value is -1.64. The van der Waals surface area contributed by atoms with Gasteiger partial charge in [-0.2, -0.15) is 0 Å². The van der Waals surface area contributed by atoms with Crippen molar-refractivity contribution >= 4 is 41.8 Å². The van der Waals surface area contributed by atoms with E-state index in [9.17, 15) is 9.59 Å². The van der Waals surface area contributed by atoms with E-state index < -0.39 is 0 Å². The molecule has 1 fully saturated rings. The minimum absolute atomic E-state index is 0. The van der Waals surface area contributed by atoms with Crippen molar-refractivity contribution < 1.29 is 9.59 Å². The van der Waals surface area contributed by atoms with E-state index in [1.807, 2.05) is 0 Å². The van der Waals surface area contributed by atoms with E-state index in [0.717, 1.165) is 6.54 Å². The molecule has 1 unspecified atom stereocenters. The summed E-state index contributed by atoms with van der Waals surface area (Å²) in [6.07, 6.45) is 1.60. The summed E-state index contributed by atoms with van der Waals surface area (Å²) in [6, 6.07) is 8.48. The van der Waals surface area contributed by atoms with Crippen LogP contribution in [0.3, 0.4) is 0 Å². The number of imide groups is 1. The van der Waals surface area contributed by atoms with Crippen LogP contribution in [-0.2, 0) is 9.59 Å². The van der Waals surface area contributed by atoms with Crippen molar-refractivity contribution in [2.75, 3.05) is 26.7 Å². The third-order valence-electron chi connectivity index (χ3n) is 4.42. The summed E-state index contributed by atoms with van der Waals surface area (Å²) in [5.41, 5.74) is 2.54. The summed E-state index contributed by atoms with van der Waals surface area (Å²) >= 11 is 0. The Morgan fingerprint density at radius 3 is 2.54 bits per heavy atom. The zero-order chi connectivity index (χ0) is 18.2. The molecule has 2 N–H and O–H groups in total. The van der Waals surface area contributed by atoms with Crippen LogP contribution in [0.15, 0.2) is 29.3 Å². The Bertz CT molecular complexity index is 632. The highest BCUT2D eigenvalue weighted by molar-refractivity contribution is 14.0. The van der Waals surface area contributed by atoms with Crippen LogP contribution in [0.5, 0.6) is 0 Å². The van der Waals surface area contributed by atoms with Gasteiger partial charge in [-0.1, -0.05) is 36.8 Å². The molecule has 6 nitrogen and oxygen atoms in total. The number of carbonyl (C=O) groups is 2. The van der Waals surface area contributed by atoms with Gasteiger partial charge in [-0.05, 0) is 24.8 Å². The van der Waals surface area contributed by atoms with Gasteiger partial charge in [-0.15, -0.1) is 24.0 Å². The van der Waals surface area contributed by atoms with Gasteiger partial charge in [0.1, 0.15) is 0 Å². The van der Waals surface area contributed by atoms with E-state index in [-0.39, 0.29) is 35.8 Å². The molecule has 1 heterocycles. The van der Waals surface area contributed by atoms with Gasteiger partial charge in [0.05, 0.1) is 0 Å². The second-order valence-electron chi connectivity index (χ2n) is 6.49. The highest BCUT2D eigenvalue weighted by atomic mass is 127. The summed E-state index contributed by atoms with van der Waals surface area (Å²) in [5.74, 6) is 0.878. The number of piperidine rings is 1. The van der Waals surface area contributed by atoms with Crippen LogP contribution in [0.1, 0.15) is 43.2 Å². The van der Waals surface area contributed by atoms with E-state index in [1.54, 1.807) is 7.05 Å². The lowest BCUT2D eigenvalue weighted by Crippen LogP contribution is -2.46. The molecule has 1 aromatic rings. The molecule has 1 aliphatic rings. The van der Waals surface area contributed by atoms with Crippen molar-refractivity contribution in [1.29, 1.82) is 0 Å². The number of likely N-dealkylation sites (tertiary alicyclic amines) is 1. The van der Waals surface area contributed by atoms with Gasteiger partial charge in [-0.3, -0.25) is 19.5 Å². The predicted molar refractivity (Wildman–Crippen MR) is 115 cm³/mol. The summed E-state index contributed by atoms with van der Waals surface area (Å²) in [6.45, 7) is 5.89. The van der Waals surface area contributed by atoms with Crippen molar-refractivity contribution in [2.24, 2.45) is 4.99 Å². The second kappa shape index (κ2) is 11.2. The fourth-order valence-electron chi connectivity index (χ4n) is 2.90. The molecule has 1 atom stereocenters. The van der Waals surface area contributed by atoms with E-state index >= 15 is 0 Å². The van der Waals surface area contributed by atoms with Gasteiger partial charge in [0, 0.05) is 39.5 Å². The lowest BCUT2D eigenvalue weighted by molar-refractivity contribution is -0.147. The fraction of sp³-hybridized carbons (Fsp3) is 0.526. The Kier molecular flexibility index (Phi) is 9.61. The van der Waals surface area contributed by atoms with Gasteiger partial charge in [0.2, 0.25) is 11.8 Å². The summed E-state index contributed by atoms with van der Waals surface area (Å²) in [4.78, 5) is 29.1. The number of hydrogen-bond acceptors (Lipinski definition) is 3. The lowest BCUT2D eigenvalue weighted by Gasteiger charge is -2.25. The quantitative estimate of drug-likeness (QED) is 0.289. The minimum atomic E-state index is -0.0749. The third kappa shape index (κ3) is 6.59. The average molecular weight is 472 g/mol. The Balaban J connectivity index is 0.00000338. The van der Waals surface area contributed by atoms with Crippen LogP contribution in [0.4, 0.5) is 0 Å². The number of nitrogens with one attached hydrogen (secondary N) is 2. The van der Waals surface area contributed by atoms with Gasteiger partial charge >= 0.3 is 0 Å². The zero-order valence-electron chi connectivity index (χ0n) is 15.7. The highest BCUT2D eigenvalue weighted by Gasteiger charge is 2.25. The number of carbonyl (C=O) groups excluding carboxylic acids is 2. The topological polar surface area (TPSA) is 73.8 Å². The Labute approximate surface area is 172 Å². The molecular weight excluding hydrogens is 443 g/mol. The summed E-state index contributed by atoms with van der Waals surface area (Å²) < 4.78 is 0. The number of nitrogens with zero attached hydrogens (tertiary/aromatic N) is 2. The molecule has 1 aromatic carbocycles. The SMILES string of the molecule is CN=C(NCCN1C(=O)CCCC1=O)NCC(C)c1cccc(C)c1.I. The van der Waals surface area contributed by atoms with Crippen LogP contribution in [0.25, 0.3) is 0 Å². The molecule has 0 saturated carbocycles. The molecule has 0 bridgehead atoms. The van der Waals surface area contributed by atoms with Crippen molar-refractivity contribution in [3.05, 3.63) is 35.4 Å². The van der Waals surface area contributed by atoms with Crippen molar-refractivity contribution in [1.82, 2.24) is 15.5 Å². The monoisotopic (exact) mass is 472 g/mol. The minimum Gasteiger partial charge on any atom is -0.356 e. The van der Waals surface area contributed by atoms with Gasteiger partial charge in [0.25, 0.3) is 0 Å². The smallest absolute Gasteiger partial charge is 0.229 e. The first-order valence-corrected chi connectivity index (χ1v) is 8.85. The van der Waals surface area contributed by atoms with Crippen LogP contribution in [-0.4, -0.2) is 49.4 Å². The van der Waals surface area contributed by atoms with E-state index in [4.69, 9.17) is 0 Å². The summed E-state index contributed by atoms with van der Waals surface area (Å²) in [7, 11) is 1.71. The zero-order valence-corrected chi connectivity index (χ0v) is 18.1. The average Bonchev–Trinajstić information content (AvgIpc) is 2.60. The number of aryl methyl sites for hydroxylation is 1. The van der Waals surface area contributed by atoms with Gasteiger partial charge < -0.3 is 10.6 Å². The van der Waals surface area contributed by atoms with Gasteiger partial charge in [0.15, 0.2) is 5.96 Å². The first-order valence-electron chi connectivity index (χ1n) is 8.85. The third-order valence-corrected chi connectivity index (χ3v) is 4.42. The van der Waals surface area contributed by atoms with Crippen molar-refractivity contribution in [3.8, 4) is 0 Å². The predicted octanol–water partition coefficient (Wildman–Crippen LogP) is 2.42. The maximum absolute atomic E-state index is 11.8. The van der Waals surface area contributed by atoms with Crippen LogP contribution >= 0.6 is 24.0 Å². The number of guanidine groups is 1. The molecule has 1 aliphatic heterocycles. The Morgan fingerprint density at radius 2 is 1.92 bits per heavy atom. The molecule has 0 spiro atoms. The number of benzene rings is 1. The van der Waals surface area contributed by atoms with E-state index in [1.165, 1.54) is 16.0 Å². The maximum Gasteiger partial charge on any atom is 0.229 e. The molecule has 0 aromatic heterocycles. The lowest BCUT2D eigenvalue weighted by atomic mass is 9.99. The largest absolute Gasteiger partial charge is 0.356 e. The molecule has 2 amide bonds. The highest BCUT2D eigenvalue weighted by Crippen LogP contribution is 2.15. The van der Waals surface area contributed by atoms with Crippen LogP contribution < -0.4 is 10.6 Å².